The van der Waals surface area contributed by atoms with Gasteiger partial charge in [0.15, 0.2) is 0 Å². The van der Waals surface area contributed by atoms with E-state index in [0.717, 1.165) is 0 Å². The van der Waals surface area contributed by atoms with E-state index in [1.807, 2.05) is 0 Å². The topological polar surface area (TPSA) is 49.4 Å². The quantitative estimate of drug-likeness (QED) is 0.812. The molecule has 4 nitrogen and oxygen atoms in total. The second-order valence-corrected chi connectivity index (χ2v) is 5.20. The Balaban J connectivity index is 2.30. The van der Waals surface area contributed by atoms with Crippen molar-refractivity contribution in [2.24, 2.45) is 0 Å². The van der Waals surface area contributed by atoms with Crippen LogP contribution in [0.25, 0.3) is 0 Å². The van der Waals surface area contributed by atoms with Gasteiger partial charge in [-0.2, -0.15) is 0 Å². The molecule has 6 heteroatoms. The van der Waals surface area contributed by atoms with Crippen LogP contribution in [0.2, 0.25) is 5.02 Å². The maximum absolute atomic E-state index is 12.3. The van der Waals surface area contributed by atoms with Gasteiger partial charge in [-0.05, 0) is 30.3 Å². The summed E-state index contributed by atoms with van der Waals surface area (Å²) in [5.74, 6) is -0.820. The van der Waals surface area contributed by atoms with E-state index >= 15 is 0 Å². The molecule has 2 aromatic carbocycles. The van der Waals surface area contributed by atoms with Crippen molar-refractivity contribution in [1.29, 1.82) is 0 Å². The summed E-state index contributed by atoms with van der Waals surface area (Å²) in [6.07, 6.45) is 0. The molecule has 0 spiro atoms. The molecule has 2 aromatic rings. The van der Waals surface area contributed by atoms with Gasteiger partial charge in [0, 0.05) is 5.02 Å². The zero-order chi connectivity index (χ0) is 15.0. The number of rotatable bonds is 1. The van der Waals surface area contributed by atoms with Crippen molar-refractivity contribution in [1.82, 2.24) is 0 Å². The molecule has 1 N–H and O–H groups in total. The van der Waals surface area contributed by atoms with Gasteiger partial charge < -0.3 is 5.32 Å². The molecule has 0 atom stereocenters. The predicted molar refractivity (Wildman–Crippen MR) is 83.7 cm³/mol. The third-order valence-electron chi connectivity index (χ3n) is 3.20. The van der Waals surface area contributed by atoms with Crippen LogP contribution in [-0.4, -0.2) is 17.7 Å². The molecular formula is C15H10Cl2N2O2. The average molecular weight is 321 g/mol. The summed E-state index contributed by atoms with van der Waals surface area (Å²) in [6.45, 7) is 0. The van der Waals surface area contributed by atoms with Gasteiger partial charge in [0.1, 0.15) is 5.88 Å². The molecule has 1 heterocycles. The minimum Gasteiger partial charge on any atom is -0.320 e. The van der Waals surface area contributed by atoms with Crippen LogP contribution >= 0.6 is 23.2 Å². The van der Waals surface area contributed by atoms with Crippen LogP contribution in [0, 0.1) is 0 Å². The van der Waals surface area contributed by atoms with Gasteiger partial charge >= 0.3 is 0 Å². The molecule has 0 radical (unpaired) electrons. The molecular weight excluding hydrogens is 311 g/mol. The fourth-order valence-electron chi connectivity index (χ4n) is 2.31. The molecule has 0 saturated heterocycles. The SMILES string of the molecule is O=C1Nc2ccccc2N(C(=O)CCl)c2ccc(Cl)cc21. The molecule has 0 bridgehead atoms. The summed E-state index contributed by atoms with van der Waals surface area (Å²) >= 11 is 11.7. The molecule has 2 amide bonds. The van der Waals surface area contributed by atoms with Gasteiger partial charge in [-0.15, -0.1) is 11.6 Å². The first-order valence-electron chi connectivity index (χ1n) is 6.20. The van der Waals surface area contributed by atoms with Crippen LogP contribution in [0.1, 0.15) is 10.4 Å². The molecule has 0 aliphatic carbocycles. The van der Waals surface area contributed by atoms with E-state index in [0.29, 0.717) is 27.6 Å². The monoisotopic (exact) mass is 320 g/mol. The fourth-order valence-corrected chi connectivity index (χ4v) is 2.60. The van der Waals surface area contributed by atoms with Gasteiger partial charge in [0.2, 0.25) is 5.91 Å². The van der Waals surface area contributed by atoms with Crippen molar-refractivity contribution >= 4 is 52.1 Å². The van der Waals surface area contributed by atoms with E-state index in [1.165, 1.54) is 11.0 Å². The third kappa shape index (κ3) is 2.37. The minimum atomic E-state index is -0.316. The number of para-hydroxylation sites is 2. The second kappa shape index (κ2) is 5.39. The highest BCUT2D eigenvalue weighted by Gasteiger charge is 2.28. The van der Waals surface area contributed by atoms with Crippen LogP contribution in [0.5, 0.6) is 0 Å². The number of hydrogen-bond acceptors (Lipinski definition) is 2. The fraction of sp³-hybridized carbons (Fsp3) is 0.0667. The van der Waals surface area contributed by atoms with Crippen molar-refractivity contribution in [2.75, 3.05) is 16.1 Å². The Morgan fingerprint density at radius 1 is 1.14 bits per heavy atom. The number of anilines is 3. The molecule has 21 heavy (non-hydrogen) atoms. The summed E-state index contributed by atoms with van der Waals surface area (Å²) in [7, 11) is 0. The Hall–Kier alpha value is -2.04. The van der Waals surface area contributed by atoms with Crippen molar-refractivity contribution in [3.63, 3.8) is 0 Å². The number of halogens is 2. The van der Waals surface area contributed by atoms with Gasteiger partial charge in [0.25, 0.3) is 5.91 Å². The highest BCUT2D eigenvalue weighted by Crippen LogP contribution is 2.38. The van der Waals surface area contributed by atoms with Gasteiger partial charge in [-0.3, -0.25) is 14.5 Å². The van der Waals surface area contributed by atoms with E-state index < -0.39 is 0 Å². The summed E-state index contributed by atoms with van der Waals surface area (Å²) in [5.41, 5.74) is 1.93. The maximum Gasteiger partial charge on any atom is 0.257 e. The highest BCUT2D eigenvalue weighted by molar-refractivity contribution is 6.33. The number of nitrogens with one attached hydrogen (secondary N) is 1. The zero-order valence-corrected chi connectivity index (χ0v) is 12.3. The van der Waals surface area contributed by atoms with Gasteiger partial charge in [0.05, 0.1) is 22.6 Å². The Labute approximate surface area is 131 Å². The van der Waals surface area contributed by atoms with E-state index in [9.17, 15) is 9.59 Å². The van der Waals surface area contributed by atoms with Crippen LogP contribution in [0.4, 0.5) is 17.1 Å². The lowest BCUT2D eigenvalue weighted by atomic mass is 10.1. The van der Waals surface area contributed by atoms with Crippen LogP contribution in [-0.2, 0) is 4.79 Å². The van der Waals surface area contributed by atoms with E-state index in [1.54, 1.807) is 36.4 Å². The first kappa shape index (κ1) is 13.9. The number of benzene rings is 2. The van der Waals surface area contributed by atoms with Gasteiger partial charge in [-0.1, -0.05) is 23.7 Å². The van der Waals surface area contributed by atoms with Crippen molar-refractivity contribution in [3.8, 4) is 0 Å². The predicted octanol–water partition coefficient (Wildman–Crippen LogP) is 3.81. The smallest absolute Gasteiger partial charge is 0.257 e. The third-order valence-corrected chi connectivity index (χ3v) is 3.66. The first-order chi connectivity index (χ1) is 10.1. The number of hydrogen-bond donors (Lipinski definition) is 1. The molecule has 1 aliphatic heterocycles. The summed E-state index contributed by atoms with van der Waals surface area (Å²) in [5, 5.41) is 3.20. The Morgan fingerprint density at radius 3 is 2.67 bits per heavy atom. The van der Waals surface area contributed by atoms with Crippen molar-refractivity contribution < 1.29 is 9.59 Å². The van der Waals surface area contributed by atoms with Crippen LogP contribution in [0.3, 0.4) is 0 Å². The number of fused-ring (bicyclic) bond motifs is 2. The zero-order valence-electron chi connectivity index (χ0n) is 10.8. The number of alkyl halides is 1. The lowest BCUT2D eigenvalue weighted by Gasteiger charge is -2.23. The van der Waals surface area contributed by atoms with E-state index in [4.69, 9.17) is 23.2 Å². The number of nitrogens with zero attached hydrogens (tertiary/aromatic N) is 1. The Bertz CT molecular complexity index is 746. The molecule has 1 aliphatic rings. The first-order valence-corrected chi connectivity index (χ1v) is 7.12. The summed E-state index contributed by atoms with van der Waals surface area (Å²) in [4.78, 5) is 26.0. The normalized spacial score (nSPS) is 13.0. The largest absolute Gasteiger partial charge is 0.320 e. The molecule has 0 aromatic heterocycles. The standard InChI is InChI=1S/C15H10Cl2N2O2/c16-8-14(20)19-12-6-5-9(17)7-10(12)15(21)18-11-3-1-2-4-13(11)19/h1-7H,8H2,(H,18,21). The molecule has 3 rings (SSSR count). The summed E-state index contributed by atoms with van der Waals surface area (Å²) in [6, 6.07) is 11.9. The van der Waals surface area contributed by atoms with E-state index in [-0.39, 0.29) is 17.7 Å². The number of carbonyl (C=O) groups excluding carboxylic acids is 2. The van der Waals surface area contributed by atoms with E-state index in [2.05, 4.69) is 5.32 Å². The lowest BCUT2D eigenvalue weighted by Crippen LogP contribution is -2.27. The maximum atomic E-state index is 12.3. The van der Waals surface area contributed by atoms with Gasteiger partial charge in [-0.25, -0.2) is 0 Å². The van der Waals surface area contributed by atoms with Crippen molar-refractivity contribution in [3.05, 3.63) is 53.1 Å². The lowest BCUT2D eigenvalue weighted by molar-refractivity contribution is -0.115. The average Bonchev–Trinajstić information content (AvgIpc) is 2.61. The second-order valence-electron chi connectivity index (χ2n) is 4.50. The molecule has 106 valence electrons. The minimum absolute atomic E-state index is 0.190. The Morgan fingerprint density at radius 2 is 1.90 bits per heavy atom. The van der Waals surface area contributed by atoms with Crippen molar-refractivity contribution in [2.45, 2.75) is 0 Å². The van der Waals surface area contributed by atoms with Crippen LogP contribution in [0.15, 0.2) is 42.5 Å². The number of carbonyl (C=O) groups is 2. The van der Waals surface area contributed by atoms with Crippen LogP contribution < -0.4 is 10.2 Å². The molecule has 0 fully saturated rings. The Kier molecular flexibility index (Phi) is 3.57. The number of amides is 2. The molecule has 0 unspecified atom stereocenters. The molecule has 0 saturated carbocycles. The summed E-state index contributed by atoms with van der Waals surface area (Å²) < 4.78 is 0. The highest BCUT2D eigenvalue weighted by atomic mass is 35.5.